The zero-order valence-electron chi connectivity index (χ0n) is 8.88. The standard InChI is InChI=1S/C10H17ClN2S/c1-8(6-13(2)3)12-5-10-4-9(11)7-14-10/h4,7-8,12H,5-6H2,1-3H3. The van der Waals surface area contributed by atoms with Crippen molar-refractivity contribution < 1.29 is 0 Å². The SMILES string of the molecule is CC(CN(C)C)NCc1cc(Cl)cs1. The van der Waals surface area contributed by atoms with Crippen molar-refractivity contribution in [2.24, 2.45) is 0 Å². The Kier molecular flexibility index (Phi) is 4.89. The lowest BCUT2D eigenvalue weighted by molar-refractivity contribution is 0.349. The predicted molar refractivity (Wildman–Crippen MR) is 64.2 cm³/mol. The Balaban J connectivity index is 2.26. The molecule has 0 amide bonds. The van der Waals surface area contributed by atoms with Crippen LogP contribution in [-0.2, 0) is 6.54 Å². The van der Waals surface area contributed by atoms with Crippen molar-refractivity contribution in [2.45, 2.75) is 19.5 Å². The first-order chi connectivity index (χ1) is 6.58. The van der Waals surface area contributed by atoms with Gasteiger partial charge in [-0.05, 0) is 27.1 Å². The Bertz CT molecular complexity index is 273. The molecule has 0 aromatic carbocycles. The van der Waals surface area contributed by atoms with Crippen molar-refractivity contribution in [2.75, 3.05) is 20.6 Å². The van der Waals surface area contributed by atoms with Crippen molar-refractivity contribution in [1.29, 1.82) is 0 Å². The van der Waals surface area contributed by atoms with E-state index in [0.717, 1.165) is 18.1 Å². The molecule has 2 nitrogen and oxygen atoms in total. The highest BCUT2D eigenvalue weighted by Gasteiger charge is 2.03. The molecule has 0 radical (unpaired) electrons. The summed E-state index contributed by atoms with van der Waals surface area (Å²) in [4.78, 5) is 3.47. The van der Waals surface area contributed by atoms with Gasteiger partial charge >= 0.3 is 0 Å². The summed E-state index contributed by atoms with van der Waals surface area (Å²) in [7, 11) is 4.17. The van der Waals surface area contributed by atoms with Crippen LogP contribution in [0.5, 0.6) is 0 Å². The molecule has 1 rings (SSSR count). The quantitative estimate of drug-likeness (QED) is 0.839. The van der Waals surface area contributed by atoms with Crippen LogP contribution in [0.3, 0.4) is 0 Å². The summed E-state index contributed by atoms with van der Waals surface area (Å²) in [6, 6.07) is 2.52. The summed E-state index contributed by atoms with van der Waals surface area (Å²) in [5.41, 5.74) is 0. The van der Waals surface area contributed by atoms with Crippen LogP contribution in [-0.4, -0.2) is 31.6 Å². The molecule has 1 aromatic heterocycles. The number of nitrogens with one attached hydrogen (secondary N) is 1. The highest BCUT2D eigenvalue weighted by atomic mass is 35.5. The Hall–Kier alpha value is -0.0900. The fourth-order valence-corrected chi connectivity index (χ4v) is 2.36. The molecule has 0 saturated carbocycles. The maximum absolute atomic E-state index is 5.83. The van der Waals surface area contributed by atoms with Gasteiger partial charge in [-0.2, -0.15) is 0 Å². The number of thiophene rings is 1. The van der Waals surface area contributed by atoms with Gasteiger partial charge < -0.3 is 10.2 Å². The summed E-state index contributed by atoms with van der Waals surface area (Å²) < 4.78 is 0. The van der Waals surface area contributed by atoms with E-state index in [1.807, 2.05) is 11.4 Å². The molecular formula is C10H17ClN2S. The molecule has 1 N–H and O–H groups in total. The van der Waals surface area contributed by atoms with E-state index in [1.165, 1.54) is 4.88 Å². The number of halogens is 1. The fourth-order valence-electron chi connectivity index (χ4n) is 1.33. The van der Waals surface area contributed by atoms with Gasteiger partial charge in [0.25, 0.3) is 0 Å². The highest BCUT2D eigenvalue weighted by molar-refractivity contribution is 7.10. The number of nitrogens with zero attached hydrogens (tertiary/aromatic N) is 1. The molecule has 0 saturated heterocycles. The van der Waals surface area contributed by atoms with Gasteiger partial charge in [0.2, 0.25) is 0 Å². The molecule has 1 heterocycles. The maximum atomic E-state index is 5.83. The first kappa shape index (κ1) is 12.0. The van der Waals surface area contributed by atoms with Gasteiger partial charge in [0.05, 0.1) is 5.02 Å². The van der Waals surface area contributed by atoms with Crippen molar-refractivity contribution in [3.63, 3.8) is 0 Å². The van der Waals surface area contributed by atoms with Crippen molar-refractivity contribution >= 4 is 22.9 Å². The molecular weight excluding hydrogens is 216 g/mol. The van der Waals surface area contributed by atoms with E-state index in [4.69, 9.17) is 11.6 Å². The van der Waals surface area contributed by atoms with E-state index in [0.29, 0.717) is 6.04 Å². The van der Waals surface area contributed by atoms with Crippen LogP contribution >= 0.6 is 22.9 Å². The molecule has 0 aliphatic rings. The summed E-state index contributed by atoms with van der Waals surface area (Å²) in [6.07, 6.45) is 0. The molecule has 4 heteroatoms. The molecule has 1 unspecified atom stereocenters. The van der Waals surface area contributed by atoms with Gasteiger partial charge in [0, 0.05) is 29.4 Å². The predicted octanol–water partition coefficient (Wildman–Crippen LogP) is 2.44. The van der Waals surface area contributed by atoms with Crippen LogP contribution in [0.4, 0.5) is 0 Å². The van der Waals surface area contributed by atoms with Gasteiger partial charge in [-0.3, -0.25) is 0 Å². The molecule has 0 bridgehead atoms. The van der Waals surface area contributed by atoms with Crippen molar-refractivity contribution in [3.05, 3.63) is 21.3 Å². The second kappa shape index (κ2) is 5.71. The molecule has 1 atom stereocenters. The summed E-state index contributed by atoms with van der Waals surface area (Å²) >= 11 is 7.54. The van der Waals surface area contributed by atoms with E-state index in [9.17, 15) is 0 Å². The zero-order valence-corrected chi connectivity index (χ0v) is 10.5. The Morgan fingerprint density at radius 3 is 2.79 bits per heavy atom. The average molecular weight is 233 g/mol. The Morgan fingerprint density at radius 2 is 2.29 bits per heavy atom. The van der Waals surface area contributed by atoms with Crippen LogP contribution in [0.2, 0.25) is 5.02 Å². The first-order valence-electron chi connectivity index (χ1n) is 4.69. The van der Waals surface area contributed by atoms with E-state index in [2.05, 4.69) is 31.2 Å². The van der Waals surface area contributed by atoms with Crippen LogP contribution in [0.15, 0.2) is 11.4 Å². The highest BCUT2D eigenvalue weighted by Crippen LogP contribution is 2.18. The van der Waals surface area contributed by atoms with Crippen molar-refractivity contribution in [1.82, 2.24) is 10.2 Å². The lowest BCUT2D eigenvalue weighted by Gasteiger charge is -2.17. The molecule has 0 spiro atoms. The van der Waals surface area contributed by atoms with Gasteiger partial charge in [0.1, 0.15) is 0 Å². The van der Waals surface area contributed by atoms with Gasteiger partial charge in [-0.25, -0.2) is 0 Å². The molecule has 0 aliphatic carbocycles. The number of rotatable bonds is 5. The summed E-state index contributed by atoms with van der Waals surface area (Å²) in [5, 5.41) is 6.26. The summed E-state index contributed by atoms with van der Waals surface area (Å²) in [6.45, 7) is 4.15. The minimum absolute atomic E-state index is 0.505. The molecule has 14 heavy (non-hydrogen) atoms. The number of hydrogen-bond acceptors (Lipinski definition) is 3. The van der Waals surface area contributed by atoms with Crippen LogP contribution in [0.1, 0.15) is 11.8 Å². The third-order valence-corrected chi connectivity index (χ3v) is 3.17. The molecule has 1 aromatic rings. The van der Waals surface area contributed by atoms with Gasteiger partial charge in [-0.15, -0.1) is 11.3 Å². The third kappa shape index (κ3) is 4.42. The lowest BCUT2D eigenvalue weighted by atomic mass is 10.3. The first-order valence-corrected chi connectivity index (χ1v) is 5.94. The topological polar surface area (TPSA) is 15.3 Å². The van der Waals surface area contributed by atoms with E-state index >= 15 is 0 Å². The Labute approximate surface area is 94.9 Å². The van der Waals surface area contributed by atoms with Gasteiger partial charge in [-0.1, -0.05) is 11.6 Å². The average Bonchev–Trinajstić information content (AvgIpc) is 2.47. The molecule has 0 fully saturated rings. The van der Waals surface area contributed by atoms with E-state index < -0.39 is 0 Å². The van der Waals surface area contributed by atoms with Crippen LogP contribution in [0, 0.1) is 0 Å². The maximum Gasteiger partial charge on any atom is 0.0516 e. The summed E-state index contributed by atoms with van der Waals surface area (Å²) in [5.74, 6) is 0. The van der Waals surface area contributed by atoms with Crippen molar-refractivity contribution in [3.8, 4) is 0 Å². The molecule has 80 valence electrons. The van der Waals surface area contributed by atoms with E-state index in [-0.39, 0.29) is 0 Å². The normalized spacial score (nSPS) is 13.5. The van der Waals surface area contributed by atoms with Crippen LogP contribution < -0.4 is 5.32 Å². The Morgan fingerprint density at radius 1 is 1.57 bits per heavy atom. The number of hydrogen-bond donors (Lipinski definition) is 1. The van der Waals surface area contributed by atoms with Crippen LogP contribution in [0.25, 0.3) is 0 Å². The largest absolute Gasteiger partial charge is 0.308 e. The monoisotopic (exact) mass is 232 g/mol. The minimum atomic E-state index is 0.505. The second-order valence-corrected chi connectivity index (χ2v) is 5.21. The number of likely N-dealkylation sites (N-methyl/N-ethyl adjacent to an activating group) is 1. The lowest BCUT2D eigenvalue weighted by Crippen LogP contribution is -2.35. The fraction of sp³-hybridized carbons (Fsp3) is 0.600. The van der Waals surface area contributed by atoms with E-state index in [1.54, 1.807) is 11.3 Å². The zero-order chi connectivity index (χ0) is 10.6. The van der Waals surface area contributed by atoms with Gasteiger partial charge in [0.15, 0.2) is 0 Å². The smallest absolute Gasteiger partial charge is 0.0516 e. The third-order valence-electron chi connectivity index (χ3n) is 1.89. The minimum Gasteiger partial charge on any atom is -0.308 e. The molecule has 0 aliphatic heterocycles. The second-order valence-electron chi connectivity index (χ2n) is 3.78.